The van der Waals surface area contributed by atoms with E-state index in [-0.39, 0.29) is 23.4 Å². The van der Waals surface area contributed by atoms with Gasteiger partial charge >= 0.3 is 5.97 Å². The van der Waals surface area contributed by atoms with Crippen molar-refractivity contribution in [3.05, 3.63) is 48.2 Å². The molecule has 0 bridgehead atoms. The molecule has 5 nitrogen and oxygen atoms in total. The molecule has 1 rings (SSSR count). The maximum atomic E-state index is 12.9. The van der Waals surface area contributed by atoms with Gasteiger partial charge in [0.2, 0.25) is 0 Å². The van der Waals surface area contributed by atoms with Crippen LogP contribution in [0.15, 0.2) is 47.6 Å². The first-order chi connectivity index (χ1) is 13.9. The molecule has 0 aliphatic rings. The van der Waals surface area contributed by atoms with E-state index >= 15 is 0 Å². The van der Waals surface area contributed by atoms with Crippen LogP contribution in [0, 0.1) is 5.92 Å². The topological polar surface area (TPSA) is 79.1 Å². The number of phenols is 2. The van der Waals surface area contributed by atoms with E-state index in [1.54, 1.807) is 24.6 Å². The maximum Gasteiger partial charge on any atom is 0.309 e. The minimum atomic E-state index is -0.595. The number of hydrogen-bond acceptors (Lipinski definition) is 5. The predicted molar refractivity (Wildman–Crippen MR) is 118 cm³/mol. The molecule has 160 valence electrons. The molecule has 0 aliphatic carbocycles. The zero-order valence-electron chi connectivity index (χ0n) is 17.9. The SMILES string of the molecule is C=C(/C=C\N=C/C)CC(OC(=O)C(CCC)CCCCC)c1ccc(O)c(O)c1. The molecule has 2 atom stereocenters. The third-order valence-corrected chi connectivity index (χ3v) is 4.75. The average molecular weight is 402 g/mol. The minimum absolute atomic E-state index is 0.131. The molecular formula is C24H35NO4. The van der Waals surface area contributed by atoms with Crippen molar-refractivity contribution in [2.75, 3.05) is 0 Å². The van der Waals surface area contributed by atoms with E-state index in [1.165, 1.54) is 12.1 Å². The largest absolute Gasteiger partial charge is 0.504 e. The number of hydrogen-bond donors (Lipinski definition) is 2. The van der Waals surface area contributed by atoms with Crippen molar-refractivity contribution < 1.29 is 19.7 Å². The van der Waals surface area contributed by atoms with Gasteiger partial charge < -0.3 is 14.9 Å². The first kappa shape index (κ1) is 24.5. The van der Waals surface area contributed by atoms with Crippen molar-refractivity contribution in [3.8, 4) is 11.5 Å². The molecule has 0 aromatic heterocycles. The number of unbranched alkanes of at least 4 members (excludes halogenated alkanes) is 2. The molecule has 1 aromatic rings. The number of aliphatic imine (C=N–C) groups is 1. The predicted octanol–water partition coefficient (Wildman–Crippen LogP) is 6.23. The molecule has 0 saturated heterocycles. The minimum Gasteiger partial charge on any atom is -0.504 e. The molecule has 0 saturated carbocycles. The van der Waals surface area contributed by atoms with E-state index in [2.05, 4.69) is 25.4 Å². The summed E-state index contributed by atoms with van der Waals surface area (Å²) in [6, 6.07) is 4.48. The average Bonchev–Trinajstić information content (AvgIpc) is 2.69. The van der Waals surface area contributed by atoms with Gasteiger partial charge in [0.05, 0.1) is 5.92 Å². The first-order valence-electron chi connectivity index (χ1n) is 10.5. The summed E-state index contributed by atoms with van der Waals surface area (Å²) in [5, 5.41) is 19.5. The van der Waals surface area contributed by atoms with Gasteiger partial charge in [-0.05, 0) is 49.1 Å². The quantitative estimate of drug-likeness (QED) is 0.135. The van der Waals surface area contributed by atoms with Crippen molar-refractivity contribution in [1.29, 1.82) is 0 Å². The van der Waals surface area contributed by atoms with Crippen LogP contribution >= 0.6 is 0 Å². The Morgan fingerprint density at radius 1 is 1.17 bits per heavy atom. The van der Waals surface area contributed by atoms with Gasteiger partial charge in [0.1, 0.15) is 6.10 Å². The Labute approximate surface area is 174 Å². The summed E-state index contributed by atoms with van der Waals surface area (Å²) in [7, 11) is 0. The van der Waals surface area contributed by atoms with E-state index < -0.39 is 6.10 Å². The Hall–Kier alpha value is -2.56. The number of carbonyl (C=O) groups is 1. The highest BCUT2D eigenvalue weighted by Crippen LogP contribution is 2.33. The van der Waals surface area contributed by atoms with Crippen LogP contribution in [0.5, 0.6) is 11.5 Å². The monoisotopic (exact) mass is 401 g/mol. The van der Waals surface area contributed by atoms with Crippen LogP contribution in [0.3, 0.4) is 0 Å². The summed E-state index contributed by atoms with van der Waals surface area (Å²) in [6.07, 6.45) is 10.6. The van der Waals surface area contributed by atoms with Crippen LogP contribution in [0.2, 0.25) is 0 Å². The molecule has 29 heavy (non-hydrogen) atoms. The molecular weight excluding hydrogens is 366 g/mol. The summed E-state index contributed by atoms with van der Waals surface area (Å²) >= 11 is 0. The van der Waals surface area contributed by atoms with E-state index in [9.17, 15) is 15.0 Å². The van der Waals surface area contributed by atoms with Gasteiger partial charge in [0, 0.05) is 18.8 Å². The van der Waals surface area contributed by atoms with E-state index in [0.29, 0.717) is 12.0 Å². The van der Waals surface area contributed by atoms with Gasteiger partial charge in [-0.3, -0.25) is 9.79 Å². The maximum absolute atomic E-state index is 12.9. The molecule has 0 fully saturated rings. The molecule has 0 heterocycles. The van der Waals surface area contributed by atoms with Crippen LogP contribution in [0.1, 0.15) is 77.4 Å². The number of carbonyl (C=O) groups excluding carboxylic acids is 1. The van der Waals surface area contributed by atoms with E-state index in [1.807, 2.05) is 6.92 Å². The van der Waals surface area contributed by atoms with Crippen LogP contribution < -0.4 is 0 Å². The smallest absolute Gasteiger partial charge is 0.309 e. The van der Waals surface area contributed by atoms with Crippen molar-refractivity contribution >= 4 is 12.2 Å². The van der Waals surface area contributed by atoms with Gasteiger partial charge in [0.25, 0.3) is 0 Å². The second kappa shape index (κ2) is 13.6. The third-order valence-electron chi connectivity index (χ3n) is 4.75. The lowest BCUT2D eigenvalue weighted by molar-refractivity contribution is -0.155. The van der Waals surface area contributed by atoms with Crippen LogP contribution in [-0.2, 0) is 9.53 Å². The summed E-state index contributed by atoms with van der Waals surface area (Å²) in [5.41, 5.74) is 1.37. The number of nitrogens with zero attached hydrogens (tertiary/aromatic N) is 1. The van der Waals surface area contributed by atoms with Gasteiger partial charge in [-0.15, -0.1) is 0 Å². The molecule has 2 unspecified atom stereocenters. The van der Waals surface area contributed by atoms with Crippen molar-refractivity contribution in [2.24, 2.45) is 10.9 Å². The Balaban J connectivity index is 3.00. The van der Waals surface area contributed by atoms with Crippen molar-refractivity contribution in [2.45, 2.75) is 71.8 Å². The molecule has 5 heteroatoms. The zero-order valence-corrected chi connectivity index (χ0v) is 17.9. The fraction of sp³-hybridized carbons (Fsp3) is 0.500. The Kier molecular flexibility index (Phi) is 11.5. The number of aromatic hydroxyl groups is 2. The lowest BCUT2D eigenvalue weighted by Gasteiger charge is -2.23. The molecule has 0 amide bonds. The summed E-state index contributed by atoms with van der Waals surface area (Å²) < 4.78 is 5.89. The fourth-order valence-corrected chi connectivity index (χ4v) is 3.11. The van der Waals surface area contributed by atoms with E-state index in [4.69, 9.17) is 4.74 Å². The molecule has 2 N–H and O–H groups in total. The summed E-state index contributed by atoms with van der Waals surface area (Å²) in [4.78, 5) is 16.9. The van der Waals surface area contributed by atoms with Gasteiger partial charge in [-0.1, -0.05) is 52.2 Å². The molecule has 0 spiro atoms. The van der Waals surface area contributed by atoms with Gasteiger partial charge in [0.15, 0.2) is 11.5 Å². The Bertz CT molecular complexity index is 709. The highest BCUT2D eigenvalue weighted by Gasteiger charge is 2.24. The number of allylic oxidation sites excluding steroid dienone is 1. The Morgan fingerprint density at radius 3 is 2.55 bits per heavy atom. The summed E-state index contributed by atoms with van der Waals surface area (Å²) in [5.74, 6) is -0.802. The molecule has 0 aliphatic heterocycles. The van der Waals surface area contributed by atoms with Gasteiger partial charge in [-0.25, -0.2) is 0 Å². The fourth-order valence-electron chi connectivity index (χ4n) is 3.11. The number of benzene rings is 1. The van der Waals surface area contributed by atoms with Crippen LogP contribution in [0.4, 0.5) is 0 Å². The number of esters is 1. The van der Waals surface area contributed by atoms with Crippen molar-refractivity contribution in [1.82, 2.24) is 0 Å². The molecule has 1 aromatic carbocycles. The normalized spacial score (nSPS) is 13.6. The lowest BCUT2D eigenvalue weighted by atomic mass is 9.96. The summed E-state index contributed by atoms with van der Waals surface area (Å²) in [6.45, 7) is 10.0. The number of ether oxygens (including phenoxy) is 1. The second-order valence-corrected chi connectivity index (χ2v) is 7.24. The van der Waals surface area contributed by atoms with Crippen molar-refractivity contribution in [3.63, 3.8) is 0 Å². The first-order valence-corrected chi connectivity index (χ1v) is 10.5. The van der Waals surface area contributed by atoms with Crippen LogP contribution in [-0.4, -0.2) is 22.4 Å². The number of phenolic OH excluding ortho intramolecular Hbond substituents is 2. The number of rotatable bonds is 13. The zero-order chi connectivity index (χ0) is 21.6. The highest BCUT2D eigenvalue weighted by atomic mass is 16.5. The third kappa shape index (κ3) is 8.99. The highest BCUT2D eigenvalue weighted by molar-refractivity contribution is 5.72. The second-order valence-electron chi connectivity index (χ2n) is 7.24. The Morgan fingerprint density at radius 2 is 1.93 bits per heavy atom. The van der Waals surface area contributed by atoms with E-state index in [0.717, 1.165) is 44.1 Å². The standard InChI is InChI=1S/C24H35NO4/c1-5-8-9-11-19(10-6-2)24(28)29-23(16-18(4)14-15-25-7-3)20-12-13-21(26)22(27)17-20/h7,12-15,17,19,23,26-27H,4-6,8-11,16H2,1-3H3/b15-14-,25-7-. The molecule has 0 radical (unpaired) electrons. The lowest BCUT2D eigenvalue weighted by Crippen LogP contribution is -2.21. The van der Waals surface area contributed by atoms with Gasteiger partial charge in [-0.2, -0.15) is 0 Å². The van der Waals surface area contributed by atoms with Crippen LogP contribution in [0.25, 0.3) is 0 Å².